The third-order valence-corrected chi connectivity index (χ3v) is 12.5. The van der Waals surface area contributed by atoms with Gasteiger partial charge in [0.25, 0.3) is 0 Å². The Kier molecular flexibility index (Phi) is 12.5. The second-order valence-electron chi connectivity index (χ2n) is 16.2. The number of benzene rings is 4. The van der Waals surface area contributed by atoms with E-state index in [1.165, 1.54) is 27.8 Å². The van der Waals surface area contributed by atoms with Crippen molar-refractivity contribution in [2.24, 2.45) is 0 Å². The first-order valence-electron chi connectivity index (χ1n) is 20.5. The van der Waals surface area contributed by atoms with Crippen molar-refractivity contribution in [3.63, 3.8) is 0 Å². The topological polar surface area (TPSA) is 68.3 Å². The van der Waals surface area contributed by atoms with Crippen molar-refractivity contribution < 1.29 is 28.4 Å². The van der Waals surface area contributed by atoms with Crippen molar-refractivity contribution in [2.75, 3.05) is 81.8 Å². The summed E-state index contributed by atoms with van der Waals surface area (Å²) >= 11 is 0. The summed E-state index contributed by atoms with van der Waals surface area (Å²) in [6.45, 7) is 15.8. The Morgan fingerprint density at radius 2 is 1.35 bits per heavy atom. The van der Waals surface area contributed by atoms with Gasteiger partial charge in [-0.25, -0.2) is 0 Å². The SMILES string of the molecule is COc1ccc(C)cc1Oc1ccc(C[C@H]2c3cc(Oc4c(OC)c(OC)c(CN5CCN(C(C)C)CC5)c5c4[C@H](C)N(C)CC5)c(OC)cc3CCN2C)cc1. The molecule has 0 aromatic heterocycles. The molecule has 4 aromatic carbocycles. The predicted octanol–water partition coefficient (Wildman–Crippen LogP) is 8.46. The molecule has 1 fully saturated rings. The predicted molar refractivity (Wildman–Crippen MR) is 226 cm³/mol. The summed E-state index contributed by atoms with van der Waals surface area (Å²) in [7, 11) is 11.3. The molecule has 10 nitrogen and oxygen atoms in total. The van der Waals surface area contributed by atoms with Gasteiger partial charge < -0.3 is 28.4 Å². The first-order chi connectivity index (χ1) is 27.5. The molecule has 3 heterocycles. The van der Waals surface area contributed by atoms with Crippen LogP contribution >= 0.6 is 0 Å². The number of aryl methyl sites for hydroxylation is 1. The number of fused-ring (bicyclic) bond motifs is 2. The van der Waals surface area contributed by atoms with Crippen LogP contribution in [0.15, 0.2) is 54.6 Å². The van der Waals surface area contributed by atoms with Gasteiger partial charge in [-0.2, -0.15) is 0 Å². The van der Waals surface area contributed by atoms with E-state index in [1.807, 2.05) is 37.3 Å². The van der Waals surface area contributed by atoms with Crippen LogP contribution in [0.2, 0.25) is 0 Å². The van der Waals surface area contributed by atoms with E-state index in [2.05, 4.69) is 78.7 Å². The summed E-state index contributed by atoms with van der Waals surface area (Å²) in [5, 5.41) is 0. The molecule has 1 saturated heterocycles. The average molecular weight is 779 g/mol. The Hall–Kier alpha value is -4.48. The molecular weight excluding hydrogens is 717 g/mol. The molecule has 0 spiro atoms. The molecule has 3 aliphatic heterocycles. The van der Waals surface area contributed by atoms with Gasteiger partial charge in [-0.05, 0) is 125 Å². The normalized spacial score (nSPS) is 19.2. The van der Waals surface area contributed by atoms with Crippen LogP contribution in [0.4, 0.5) is 0 Å². The number of hydrogen-bond acceptors (Lipinski definition) is 10. The van der Waals surface area contributed by atoms with E-state index in [0.29, 0.717) is 40.5 Å². The van der Waals surface area contributed by atoms with Gasteiger partial charge in [-0.15, -0.1) is 0 Å². The molecule has 57 heavy (non-hydrogen) atoms. The number of methoxy groups -OCH3 is 4. The Bertz CT molecular complexity index is 2030. The van der Waals surface area contributed by atoms with Gasteiger partial charge in [0.15, 0.2) is 34.5 Å². The van der Waals surface area contributed by atoms with Crippen LogP contribution in [0.25, 0.3) is 0 Å². The Morgan fingerprint density at radius 3 is 2.02 bits per heavy atom. The fraction of sp³-hybridized carbons (Fsp3) is 0.489. The number of ether oxygens (including phenoxy) is 6. The fourth-order valence-electron chi connectivity index (χ4n) is 8.92. The molecule has 0 radical (unpaired) electrons. The zero-order chi connectivity index (χ0) is 40.4. The number of hydrogen-bond donors (Lipinski definition) is 0. The Labute approximate surface area is 340 Å². The highest BCUT2D eigenvalue weighted by Gasteiger charge is 2.36. The number of likely N-dealkylation sites (N-methyl/N-ethyl adjacent to an activating group) is 2. The number of piperazine rings is 1. The number of nitrogens with zero attached hydrogens (tertiary/aromatic N) is 4. The molecule has 0 bridgehead atoms. The standard InChI is InChI=1S/C47H62N4O6/c1-30(2)51-23-21-50(22-24-51)29-38-36-18-20-48(5)32(4)44(36)46(47(55-10)45(38)54-9)57-43-28-37-34(27-41(43)53-8)17-19-49(6)39(37)26-33-12-14-35(15-13-33)56-42-25-31(3)11-16-40(42)52-7/h11-16,25,27-28,30,32,39H,17-24,26,29H2,1-10H3/t32-,39-/m0/s1. The minimum absolute atomic E-state index is 0.113. The van der Waals surface area contributed by atoms with E-state index < -0.39 is 0 Å². The maximum atomic E-state index is 7.14. The molecule has 2 atom stereocenters. The van der Waals surface area contributed by atoms with Crippen LogP contribution in [-0.2, 0) is 25.8 Å². The first kappa shape index (κ1) is 40.7. The van der Waals surface area contributed by atoms with E-state index in [0.717, 1.165) is 87.7 Å². The fourth-order valence-corrected chi connectivity index (χ4v) is 8.92. The van der Waals surface area contributed by atoms with Gasteiger partial charge >= 0.3 is 0 Å². The summed E-state index contributed by atoms with van der Waals surface area (Å²) in [5.74, 6) is 5.67. The molecule has 4 aromatic rings. The van der Waals surface area contributed by atoms with Gasteiger partial charge in [-0.3, -0.25) is 19.6 Å². The molecule has 306 valence electrons. The second kappa shape index (κ2) is 17.6. The molecule has 0 saturated carbocycles. The smallest absolute Gasteiger partial charge is 0.204 e. The van der Waals surface area contributed by atoms with E-state index >= 15 is 0 Å². The summed E-state index contributed by atoms with van der Waals surface area (Å²) in [4.78, 5) is 9.96. The third kappa shape index (κ3) is 8.42. The Balaban J connectivity index is 1.22. The van der Waals surface area contributed by atoms with Gasteiger partial charge in [0.05, 0.1) is 28.4 Å². The third-order valence-electron chi connectivity index (χ3n) is 12.5. The van der Waals surface area contributed by atoms with Gasteiger partial charge in [0.2, 0.25) is 5.75 Å². The lowest BCUT2D eigenvalue weighted by atomic mass is 9.87. The zero-order valence-corrected chi connectivity index (χ0v) is 35.7. The van der Waals surface area contributed by atoms with Crippen molar-refractivity contribution >= 4 is 0 Å². The highest BCUT2D eigenvalue weighted by molar-refractivity contribution is 5.67. The molecule has 0 unspecified atom stereocenters. The first-order valence-corrected chi connectivity index (χ1v) is 20.5. The lowest BCUT2D eigenvalue weighted by molar-refractivity contribution is 0.103. The van der Waals surface area contributed by atoms with E-state index in [-0.39, 0.29) is 12.1 Å². The van der Waals surface area contributed by atoms with Crippen molar-refractivity contribution in [3.8, 4) is 46.0 Å². The quantitative estimate of drug-likeness (QED) is 0.132. The maximum absolute atomic E-state index is 7.14. The van der Waals surface area contributed by atoms with Gasteiger partial charge in [-0.1, -0.05) is 18.2 Å². The lowest BCUT2D eigenvalue weighted by Gasteiger charge is -2.39. The van der Waals surface area contributed by atoms with E-state index in [9.17, 15) is 0 Å². The lowest BCUT2D eigenvalue weighted by Crippen LogP contribution is -2.48. The maximum Gasteiger partial charge on any atom is 0.204 e. The van der Waals surface area contributed by atoms with Crippen LogP contribution in [0, 0.1) is 6.92 Å². The minimum Gasteiger partial charge on any atom is -0.493 e. The summed E-state index contributed by atoms with van der Waals surface area (Å²) in [6.07, 6.45) is 2.67. The summed E-state index contributed by atoms with van der Waals surface area (Å²) in [5.41, 5.74) is 8.54. The second-order valence-corrected chi connectivity index (χ2v) is 16.2. The summed E-state index contributed by atoms with van der Waals surface area (Å²) in [6, 6.07) is 19.5. The molecule has 0 N–H and O–H groups in total. The van der Waals surface area contributed by atoms with E-state index in [1.54, 1.807) is 28.4 Å². The van der Waals surface area contributed by atoms with Crippen molar-refractivity contribution in [1.82, 2.24) is 19.6 Å². The summed E-state index contributed by atoms with van der Waals surface area (Å²) < 4.78 is 37.6. The average Bonchev–Trinajstić information content (AvgIpc) is 3.21. The molecule has 7 rings (SSSR count). The monoisotopic (exact) mass is 778 g/mol. The van der Waals surface area contributed by atoms with Crippen molar-refractivity contribution in [1.29, 1.82) is 0 Å². The van der Waals surface area contributed by atoms with Crippen molar-refractivity contribution in [3.05, 3.63) is 93.5 Å². The van der Waals surface area contributed by atoms with Crippen LogP contribution in [0.5, 0.6) is 46.0 Å². The molecular formula is C47H62N4O6. The van der Waals surface area contributed by atoms with E-state index in [4.69, 9.17) is 28.4 Å². The molecule has 10 heteroatoms. The van der Waals surface area contributed by atoms with Crippen LogP contribution in [0.1, 0.15) is 71.8 Å². The van der Waals surface area contributed by atoms with Crippen LogP contribution in [-0.4, -0.2) is 107 Å². The van der Waals surface area contributed by atoms with Gasteiger partial charge in [0, 0.05) is 75.1 Å². The van der Waals surface area contributed by atoms with Crippen LogP contribution < -0.4 is 28.4 Å². The highest BCUT2D eigenvalue weighted by atomic mass is 16.5. The molecule has 0 aliphatic carbocycles. The minimum atomic E-state index is 0.113. The highest BCUT2D eigenvalue weighted by Crippen LogP contribution is 2.53. The largest absolute Gasteiger partial charge is 0.493 e. The van der Waals surface area contributed by atoms with Crippen molar-refractivity contribution in [2.45, 2.75) is 71.6 Å². The van der Waals surface area contributed by atoms with Gasteiger partial charge in [0.1, 0.15) is 5.75 Å². The Morgan fingerprint density at radius 1 is 0.667 bits per heavy atom. The zero-order valence-electron chi connectivity index (χ0n) is 35.7. The molecule has 3 aliphatic rings. The van der Waals surface area contributed by atoms with Crippen LogP contribution in [0.3, 0.4) is 0 Å². The number of rotatable bonds is 13. The molecule has 0 amide bonds.